The summed E-state index contributed by atoms with van der Waals surface area (Å²) < 4.78 is 13.2. The Morgan fingerprint density at radius 2 is 2.05 bits per heavy atom. The van der Waals surface area contributed by atoms with Gasteiger partial charge >= 0.3 is 0 Å². The average Bonchev–Trinajstić information content (AvgIpc) is 2.41. The minimum atomic E-state index is -0.500. The fourth-order valence-electron chi connectivity index (χ4n) is 1.74. The standard InChI is InChI=1S/C15H12ClFN2/c1-10-2-4-13(16)15(6-10)19-9-11-3-5-14(17)12(7-11)8-18/h2-7,19H,9H2,1H3. The zero-order valence-electron chi connectivity index (χ0n) is 10.4. The van der Waals surface area contributed by atoms with Gasteiger partial charge in [-0.2, -0.15) is 5.26 Å². The molecule has 0 aliphatic heterocycles. The smallest absolute Gasteiger partial charge is 0.140 e. The van der Waals surface area contributed by atoms with E-state index in [2.05, 4.69) is 5.32 Å². The molecule has 0 aliphatic rings. The number of hydrogen-bond acceptors (Lipinski definition) is 2. The van der Waals surface area contributed by atoms with Gasteiger partial charge in [0.15, 0.2) is 0 Å². The van der Waals surface area contributed by atoms with E-state index in [9.17, 15) is 4.39 Å². The summed E-state index contributed by atoms with van der Waals surface area (Å²) in [6, 6.07) is 12.0. The van der Waals surface area contributed by atoms with Crippen molar-refractivity contribution in [2.45, 2.75) is 13.5 Å². The van der Waals surface area contributed by atoms with Crippen LogP contribution in [0.25, 0.3) is 0 Å². The van der Waals surface area contributed by atoms with E-state index in [4.69, 9.17) is 16.9 Å². The first-order chi connectivity index (χ1) is 9.10. The molecule has 0 heterocycles. The number of rotatable bonds is 3. The molecule has 0 amide bonds. The fourth-order valence-corrected chi connectivity index (χ4v) is 1.92. The first-order valence-electron chi connectivity index (χ1n) is 5.78. The summed E-state index contributed by atoms with van der Waals surface area (Å²) in [5.74, 6) is -0.500. The second-order valence-electron chi connectivity index (χ2n) is 4.26. The van der Waals surface area contributed by atoms with Crippen LogP contribution >= 0.6 is 11.6 Å². The Morgan fingerprint density at radius 1 is 1.26 bits per heavy atom. The van der Waals surface area contributed by atoms with Gasteiger partial charge in [0, 0.05) is 6.54 Å². The van der Waals surface area contributed by atoms with Gasteiger partial charge in [0.25, 0.3) is 0 Å². The lowest BCUT2D eigenvalue weighted by Gasteiger charge is -2.09. The first kappa shape index (κ1) is 13.4. The molecular weight excluding hydrogens is 263 g/mol. The van der Waals surface area contributed by atoms with E-state index in [1.54, 1.807) is 6.07 Å². The van der Waals surface area contributed by atoms with Gasteiger partial charge in [0.05, 0.1) is 16.3 Å². The molecule has 19 heavy (non-hydrogen) atoms. The van der Waals surface area contributed by atoms with Crippen molar-refractivity contribution in [1.29, 1.82) is 5.26 Å². The zero-order chi connectivity index (χ0) is 13.8. The third-order valence-electron chi connectivity index (χ3n) is 2.76. The third kappa shape index (κ3) is 3.24. The second kappa shape index (κ2) is 5.73. The van der Waals surface area contributed by atoms with Crippen LogP contribution in [-0.2, 0) is 6.54 Å². The van der Waals surface area contributed by atoms with E-state index >= 15 is 0 Å². The summed E-state index contributed by atoms with van der Waals surface area (Å²) in [4.78, 5) is 0. The molecule has 0 atom stereocenters. The largest absolute Gasteiger partial charge is 0.380 e. The Morgan fingerprint density at radius 3 is 2.79 bits per heavy atom. The van der Waals surface area contributed by atoms with Crippen molar-refractivity contribution in [2.24, 2.45) is 0 Å². The van der Waals surface area contributed by atoms with E-state index in [1.165, 1.54) is 12.1 Å². The van der Waals surface area contributed by atoms with Crippen molar-refractivity contribution in [3.05, 3.63) is 63.9 Å². The predicted molar refractivity (Wildman–Crippen MR) is 74.6 cm³/mol. The molecule has 0 unspecified atom stereocenters. The van der Waals surface area contributed by atoms with Gasteiger partial charge in [-0.25, -0.2) is 4.39 Å². The Labute approximate surface area is 116 Å². The number of aryl methyl sites for hydroxylation is 1. The number of nitriles is 1. The molecule has 0 saturated carbocycles. The molecule has 2 nitrogen and oxygen atoms in total. The molecular formula is C15H12ClFN2. The van der Waals surface area contributed by atoms with Crippen LogP contribution in [0.4, 0.5) is 10.1 Å². The van der Waals surface area contributed by atoms with Gasteiger partial charge in [-0.15, -0.1) is 0 Å². The van der Waals surface area contributed by atoms with Gasteiger partial charge in [-0.1, -0.05) is 23.7 Å². The van der Waals surface area contributed by atoms with Crippen molar-refractivity contribution in [3.8, 4) is 6.07 Å². The lowest BCUT2D eigenvalue weighted by Crippen LogP contribution is -2.01. The van der Waals surface area contributed by atoms with Gasteiger partial charge in [0.2, 0.25) is 0 Å². The molecule has 0 bridgehead atoms. The quantitative estimate of drug-likeness (QED) is 0.907. The second-order valence-corrected chi connectivity index (χ2v) is 4.67. The molecule has 0 spiro atoms. The minimum absolute atomic E-state index is 0.0506. The molecule has 0 radical (unpaired) electrons. The Bertz CT molecular complexity index is 647. The lowest BCUT2D eigenvalue weighted by atomic mass is 10.1. The maximum atomic E-state index is 13.2. The summed E-state index contributed by atoms with van der Waals surface area (Å²) in [6.45, 7) is 2.46. The maximum Gasteiger partial charge on any atom is 0.140 e. The van der Waals surface area contributed by atoms with Crippen LogP contribution in [0.1, 0.15) is 16.7 Å². The molecule has 2 rings (SSSR count). The summed E-state index contributed by atoms with van der Waals surface area (Å²) >= 11 is 6.07. The topological polar surface area (TPSA) is 35.8 Å². The summed E-state index contributed by atoms with van der Waals surface area (Å²) in [5, 5.41) is 12.6. The maximum absolute atomic E-state index is 13.2. The fraction of sp³-hybridized carbons (Fsp3) is 0.133. The number of nitrogens with one attached hydrogen (secondary N) is 1. The molecule has 0 saturated heterocycles. The van der Waals surface area contributed by atoms with E-state index in [0.29, 0.717) is 11.6 Å². The van der Waals surface area contributed by atoms with Crippen LogP contribution in [0.3, 0.4) is 0 Å². The highest BCUT2D eigenvalue weighted by Crippen LogP contribution is 2.23. The summed E-state index contributed by atoms with van der Waals surface area (Å²) in [7, 11) is 0. The van der Waals surface area contributed by atoms with Gasteiger partial charge in [-0.05, 0) is 42.3 Å². The van der Waals surface area contributed by atoms with E-state index in [0.717, 1.165) is 16.8 Å². The van der Waals surface area contributed by atoms with E-state index in [-0.39, 0.29) is 5.56 Å². The average molecular weight is 275 g/mol. The molecule has 1 N–H and O–H groups in total. The molecule has 96 valence electrons. The third-order valence-corrected chi connectivity index (χ3v) is 3.09. The van der Waals surface area contributed by atoms with Crippen LogP contribution in [-0.4, -0.2) is 0 Å². The molecule has 2 aromatic carbocycles. The Kier molecular flexibility index (Phi) is 4.03. The van der Waals surface area contributed by atoms with Crippen molar-refractivity contribution in [1.82, 2.24) is 0 Å². The van der Waals surface area contributed by atoms with Crippen LogP contribution in [0.2, 0.25) is 5.02 Å². The predicted octanol–water partition coefficient (Wildman–Crippen LogP) is 4.27. The molecule has 2 aromatic rings. The number of hydrogen-bond donors (Lipinski definition) is 1. The SMILES string of the molecule is Cc1ccc(Cl)c(NCc2ccc(F)c(C#N)c2)c1. The highest BCUT2D eigenvalue weighted by Gasteiger charge is 2.04. The normalized spacial score (nSPS) is 10.0. The molecule has 0 aliphatic carbocycles. The lowest BCUT2D eigenvalue weighted by molar-refractivity contribution is 0.623. The van der Waals surface area contributed by atoms with Crippen molar-refractivity contribution >= 4 is 17.3 Å². The number of halogens is 2. The Hall–Kier alpha value is -2.05. The van der Waals surface area contributed by atoms with Crippen LogP contribution in [0.5, 0.6) is 0 Å². The minimum Gasteiger partial charge on any atom is -0.380 e. The van der Waals surface area contributed by atoms with Crippen LogP contribution < -0.4 is 5.32 Å². The van der Waals surface area contributed by atoms with Crippen molar-refractivity contribution in [2.75, 3.05) is 5.32 Å². The molecule has 4 heteroatoms. The number of anilines is 1. The van der Waals surface area contributed by atoms with Crippen molar-refractivity contribution in [3.63, 3.8) is 0 Å². The van der Waals surface area contributed by atoms with Gasteiger partial charge in [-0.3, -0.25) is 0 Å². The highest BCUT2D eigenvalue weighted by molar-refractivity contribution is 6.33. The van der Waals surface area contributed by atoms with Gasteiger partial charge in [0.1, 0.15) is 11.9 Å². The van der Waals surface area contributed by atoms with E-state index < -0.39 is 5.82 Å². The van der Waals surface area contributed by atoms with Crippen LogP contribution in [0.15, 0.2) is 36.4 Å². The van der Waals surface area contributed by atoms with E-state index in [1.807, 2.05) is 31.2 Å². The monoisotopic (exact) mass is 274 g/mol. The van der Waals surface area contributed by atoms with Gasteiger partial charge < -0.3 is 5.32 Å². The Balaban J connectivity index is 2.15. The molecule has 0 aromatic heterocycles. The highest BCUT2D eigenvalue weighted by atomic mass is 35.5. The molecule has 0 fully saturated rings. The van der Waals surface area contributed by atoms with Crippen molar-refractivity contribution < 1.29 is 4.39 Å². The number of nitrogens with zero attached hydrogens (tertiary/aromatic N) is 1. The summed E-state index contributed by atoms with van der Waals surface area (Å²) in [5.41, 5.74) is 2.80. The number of benzene rings is 2. The first-order valence-corrected chi connectivity index (χ1v) is 6.16. The van der Waals surface area contributed by atoms with Crippen LogP contribution in [0, 0.1) is 24.1 Å². The zero-order valence-corrected chi connectivity index (χ0v) is 11.1. The summed E-state index contributed by atoms with van der Waals surface area (Å²) in [6.07, 6.45) is 0.